The highest BCUT2D eigenvalue weighted by Crippen LogP contribution is 2.09. The van der Waals surface area contributed by atoms with E-state index in [0.717, 1.165) is 5.76 Å². The number of carbonyl (C=O) groups is 1. The first-order valence-corrected chi connectivity index (χ1v) is 6.18. The average molecular weight is 270 g/mol. The summed E-state index contributed by atoms with van der Waals surface area (Å²) >= 11 is 0. The Hall–Kier alpha value is -2.58. The maximum absolute atomic E-state index is 11.6. The zero-order chi connectivity index (χ0) is 14.2. The van der Waals surface area contributed by atoms with Crippen LogP contribution in [-0.2, 0) is 16.1 Å². The van der Waals surface area contributed by atoms with Gasteiger partial charge in [0.1, 0.15) is 12.4 Å². The van der Waals surface area contributed by atoms with Gasteiger partial charge in [0, 0.05) is 5.69 Å². The van der Waals surface area contributed by atoms with E-state index >= 15 is 0 Å². The van der Waals surface area contributed by atoms with Crippen LogP contribution in [0.5, 0.6) is 0 Å². The van der Waals surface area contributed by atoms with Gasteiger partial charge < -0.3 is 14.5 Å². The largest absolute Gasteiger partial charge is 0.467 e. The molecule has 1 aromatic heterocycles. The molecule has 5 nitrogen and oxygen atoms in total. The molecule has 102 valence electrons. The van der Waals surface area contributed by atoms with Gasteiger partial charge >= 0.3 is 0 Å². The Kier molecular flexibility index (Phi) is 4.93. The number of nitriles is 1. The van der Waals surface area contributed by atoms with Gasteiger partial charge in [0.2, 0.25) is 5.91 Å². The molecule has 5 heteroatoms. The molecule has 20 heavy (non-hydrogen) atoms. The fraction of sp³-hybridized carbons (Fsp3) is 0.200. The van der Waals surface area contributed by atoms with Crippen LogP contribution in [0.15, 0.2) is 47.1 Å². The summed E-state index contributed by atoms with van der Waals surface area (Å²) in [5.74, 6) is 0.603. The highest BCUT2D eigenvalue weighted by molar-refractivity contribution is 5.90. The molecule has 2 rings (SSSR count). The number of rotatable bonds is 6. The second-order valence-electron chi connectivity index (χ2n) is 4.12. The number of anilines is 1. The van der Waals surface area contributed by atoms with E-state index in [-0.39, 0.29) is 12.3 Å². The lowest BCUT2D eigenvalue weighted by Gasteiger charge is -2.05. The van der Waals surface area contributed by atoms with E-state index in [0.29, 0.717) is 24.5 Å². The highest BCUT2D eigenvalue weighted by Gasteiger charge is 2.03. The number of carbonyl (C=O) groups excluding carboxylic acids is 1. The van der Waals surface area contributed by atoms with Gasteiger partial charge in [-0.05, 0) is 36.4 Å². The van der Waals surface area contributed by atoms with Crippen molar-refractivity contribution in [2.45, 2.75) is 13.0 Å². The molecule has 1 heterocycles. The molecule has 1 N–H and O–H groups in total. The topological polar surface area (TPSA) is 75.3 Å². The zero-order valence-corrected chi connectivity index (χ0v) is 10.8. The van der Waals surface area contributed by atoms with Crippen LogP contribution in [0.25, 0.3) is 0 Å². The van der Waals surface area contributed by atoms with E-state index < -0.39 is 0 Å². The molecular weight excluding hydrogens is 256 g/mol. The second-order valence-corrected chi connectivity index (χ2v) is 4.12. The molecule has 1 amide bonds. The summed E-state index contributed by atoms with van der Waals surface area (Å²) in [6, 6.07) is 12.3. The second kappa shape index (κ2) is 7.12. The van der Waals surface area contributed by atoms with Crippen LogP contribution in [0.4, 0.5) is 5.69 Å². The van der Waals surface area contributed by atoms with E-state index in [2.05, 4.69) is 5.32 Å². The molecule has 0 fully saturated rings. The fourth-order valence-corrected chi connectivity index (χ4v) is 1.58. The van der Waals surface area contributed by atoms with Crippen LogP contribution in [0, 0.1) is 11.3 Å². The summed E-state index contributed by atoms with van der Waals surface area (Å²) in [6.45, 7) is 0.681. The molecule has 0 aliphatic heterocycles. The Morgan fingerprint density at radius 2 is 2.10 bits per heavy atom. The first kappa shape index (κ1) is 13.8. The van der Waals surface area contributed by atoms with Crippen molar-refractivity contribution in [2.24, 2.45) is 0 Å². The Balaban J connectivity index is 1.68. The van der Waals surface area contributed by atoms with Crippen molar-refractivity contribution in [1.82, 2.24) is 0 Å². The minimum Gasteiger partial charge on any atom is -0.467 e. The lowest BCUT2D eigenvalue weighted by atomic mass is 10.2. The first-order valence-electron chi connectivity index (χ1n) is 6.18. The SMILES string of the molecule is N#Cc1ccc(NC(=O)CCOCc2ccco2)cc1. The number of hydrogen-bond acceptors (Lipinski definition) is 4. The van der Waals surface area contributed by atoms with Gasteiger partial charge in [-0.25, -0.2) is 0 Å². The lowest BCUT2D eigenvalue weighted by molar-refractivity contribution is -0.117. The molecule has 0 atom stereocenters. The molecule has 0 radical (unpaired) electrons. The summed E-state index contributed by atoms with van der Waals surface area (Å²) in [5.41, 5.74) is 1.23. The van der Waals surface area contributed by atoms with Gasteiger partial charge in [-0.2, -0.15) is 5.26 Å². The van der Waals surface area contributed by atoms with E-state index in [1.54, 1.807) is 36.6 Å². The van der Waals surface area contributed by atoms with E-state index in [4.69, 9.17) is 14.4 Å². The van der Waals surface area contributed by atoms with Crippen LogP contribution in [0.1, 0.15) is 17.7 Å². The number of hydrogen-bond donors (Lipinski definition) is 1. The normalized spacial score (nSPS) is 9.95. The Bertz CT molecular complexity index is 583. The van der Waals surface area contributed by atoms with Crippen LogP contribution in [0.2, 0.25) is 0 Å². The monoisotopic (exact) mass is 270 g/mol. The third kappa shape index (κ3) is 4.26. The molecule has 0 bridgehead atoms. The van der Waals surface area contributed by atoms with Gasteiger partial charge in [-0.3, -0.25) is 4.79 Å². The van der Waals surface area contributed by atoms with E-state index in [1.165, 1.54) is 0 Å². The molecule has 0 aliphatic rings. The summed E-state index contributed by atoms with van der Waals surface area (Å²) in [7, 11) is 0. The number of ether oxygens (including phenoxy) is 1. The minimum absolute atomic E-state index is 0.130. The predicted octanol–water partition coefficient (Wildman–Crippen LogP) is 2.70. The molecule has 0 unspecified atom stereocenters. The first-order chi connectivity index (χ1) is 9.78. The molecule has 1 aromatic carbocycles. The summed E-state index contributed by atoms with van der Waals surface area (Å²) in [6.07, 6.45) is 1.84. The smallest absolute Gasteiger partial charge is 0.226 e. The van der Waals surface area contributed by atoms with Crippen LogP contribution in [-0.4, -0.2) is 12.5 Å². The Labute approximate surface area is 116 Å². The van der Waals surface area contributed by atoms with Crippen molar-refractivity contribution in [1.29, 1.82) is 5.26 Å². The number of nitrogens with one attached hydrogen (secondary N) is 1. The maximum atomic E-state index is 11.6. The summed E-state index contributed by atoms with van der Waals surface area (Å²) < 4.78 is 10.4. The van der Waals surface area contributed by atoms with Gasteiger partial charge in [-0.1, -0.05) is 0 Å². The fourth-order valence-electron chi connectivity index (χ4n) is 1.58. The minimum atomic E-state index is -0.130. The number of nitrogens with zero attached hydrogens (tertiary/aromatic N) is 1. The van der Waals surface area contributed by atoms with E-state index in [9.17, 15) is 4.79 Å². The molecule has 0 aliphatic carbocycles. The summed E-state index contributed by atoms with van der Waals surface area (Å²) in [4.78, 5) is 11.6. The van der Waals surface area contributed by atoms with Crippen molar-refractivity contribution >= 4 is 11.6 Å². The molecule has 2 aromatic rings. The standard InChI is InChI=1S/C15H14N2O3/c16-10-12-3-5-13(6-4-12)17-15(18)7-9-19-11-14-2-1-8-20-14/h1-6,8H,7,9,11H2,(H,17,18). The zero-order valence-electron chi connectivity index (χ0n) is 10.8. The average Bonchev–Trinajstić information content (AvgIpc) is 2.98. The van der Waals surface area contributed by atoms with Crippen molar-refractivity contribution < 1.29 is 13.9 Å². The maximum Gasteiger partial charge on any atom is 0.226 e. The van der Waals surface area contributed by atoms with Crippen molar-refractivity contribution in [3.05, 3.63) is 54.0 Å². The number of furan rings is 1. The van der Waals surface area contributed by atoms with E-state index in [1.807, 2.05) is 12.1 Å². The summed E-state index contributed by atoms with van der Waals surface area (Å²) in [5, 5.41) is 11.4. The van der Waals surface area contributed by atoms with Gasteiger partial charge in [0.25, 0.3) is 0 Å². The number of benzene rings is 1. The Morgan fingerprint density at radius 1 is 1.30 bits per heavy atom. The molecule has 0 saturated heterocycles. The third-order valence-corrected chi connectivity index (χ3v) is 2.60. The molecule has 0 spiro atoms. The molecular formula is C15H14N2O3. The highest BCUT2D eigenvalue weighted by atomic mass is 16.5. The number of amides is 1. The van der Waals surface area contributed by atoms with Crippen molar-refractivity contribution in [2.75, 3.05) is 11.9 Å². The van der Waals surface area contributed by atoms with Gasteiger partial charge in [0.15, 0.2) is 0 Å². The van der Waals surface area contributed by atoms with Crippen LogP contribution >= 0.6 is 0 Å². The van der Waals surface area contributed by atoms with Crippen LogP contribution in [0.3, 0.4) is 0 Å². The Morgan fingerprint density at radius 3 is 2.75 bits per heavy atom. The predicted molar refractivity (Wildman–Crippen MR) is 72.8 cm³/mol. The van der Waals surface area contributed by atoms with Gasteiger partial charge in [0.05, 0.1) is 30.9 Å². The van der Waals surface area contributed by atoms with Crippen LogP contribution < -0.4 is 5.32 Å². The third-order valence-electron chi connectivity index (χ3n) is 2.60. The van der Waals surface area contributed by atoms with Crippen molar-refractivity contribution in [3.63, 3.8) is 0 Å². The van der Waals surface area contributed by atoms with Gasteiger partial charge in [-0.15, -0.1) is 0 Å². The van der Waals surface area contributed by atoms with Crippen molar-refractivity contribution in [3.8, 4) is 6.07 Å². The lowest BCUT2D eigenvalue weighted by Crippen LogP contribution is -2.14. The molecule has 0 saturated carbocycles. The quantitative estimate of drug-likeness (QED) is 0.819.